The molecule has 26 heavy (non-hydrogen) atoms. The van der Waals surface area contributed by atoms with Gasteiger partial charge in [0.05, 0.1) is 5.69 Å². The first-order valence-corrected chi connectivity index (χ1v) is 9.34. The van der Waals surface area contributed by atoms with Crippen molar-refractivity contribution in [2.75, 3.05) is 25.0 Å². The van der Waals surface area contributed by atoms with Gasteiger partial charge in [0.25, 0.3) is 0 Å². The number of likely N-dealkylation sites (N-methyl/N-ethyl adjacent to an activating group) is 1. The zero-order chi connectivity index (χ0) is 18.4. The number of urea groups is 1. The lowest BCUT2D eigenvalue weighted by molar-refractivity contribution is 0.175. The lowest BCUT2D eigenvalue weighted by atomic mass is 10.2. The Morgan fingerprint density at radius 2 is 2.15 bits per heavy atom. The molecule has 6 nitrogen and oxygen atoms in total. The fourth-order valence-electron chi connectivity index (χ4n) is 3.37. The van der Waals surface area contributed by atoms with E-state index >= 15 is 0 Å². The molecule has 3 heterocycles. The van der Waals surface area contributed by atoms with Gasteiger partial charge in [0.1, 0.15) is 0 Å². The van der Waals surface area contributed by atoms with E-state index in [9.17, 15) is 4.79 Å². The minimum atomic E-state index is -0.167. The highest BCUT2D eigenvalue weighted by Gasteiger charge is 2.27. The molecule has 1 N–H and O–H groups in total. The first kappa shape index (κ1) is 18.6. The zero-order valence-electron chi connectivity index (χ0n) is 14.9. The van der Waals surface area contributed by atoms with Crippen molar-refractivity contribution in [3.8, 4) is 0 Å². The van der Waals surface area contributed by atoms with E-state index in [0.29, 0.717) is 30.0 Å². The minimum absolute atomic E-state index is 0.167. The second kappa shape index (κ2) is 8.96. The van der Waals surface area contributed by atoms with Crippen LogP contribution in [0.25, 0.3) is 0 Å². The van der Waals surface area contributed by atoms with Crippen LogP contribution in [0.1, 0.15) is 25.3 Å². The van der Waals surface area contributed by atoms with Crippen LogP contribution in [0.2, 0.25) is 5.15 Å². The van der Waals surface area contributed by atoms with Crippen LogP contribution in [0.15, 0.2) is 42.9 Å². The Hall–Kier alpha value is -2.18. The molecule has 1 unspecified atom stereocenters. The molecule has 0 aliphatic carbocycles. The van der Waals surface area contributed by atoms with Gasteiger partial charge >= 0.3 is 6.03 Å². The topological polar surface area (TPSA) is 61.4 Å². The molecule has 1 aliphatic rings. The van der Waals surface area contributed by atoms with Crippen molar-refractivity contribution in [3.05, 3.63) is 53.6 Å². The number of hydrogen-bond donors (Lipinski definition) is 1. The van der Waals surface area contributed by atoms with Crippen LogP contribution in [0.5, 0.6) is 0 Å². The molecule has 2 amide bonds. The maximum atomic E-state index is 12.9. The largest absolute Gasteiger partial charge is 0.322 e. The summed E-state index contributed by atoms with van der Waals surface area (Å²) in [6.45, 7) is 5.48. The smallest absolute Gasteiger partial charge is 0.319 e. The summed E-state index contributed by atoms with van der Waals surface area (Å²) in [7, 11) is 0. The highest BCUT2D eigenvalue weighted by atomic mass is 35.5. The molecule has 3 rings (SSSR count). The second-order valence-electron chi connectivity index (χ2n) is 6.43. The normalized spacial score (nSPS) is 17.2. The van der Waals surface area contributed by atoms with E-state index in [4.69, 9.17) is 11.6 Å². The van der Waals surface area contributed by atoms with Gasteiger partial charge < -0.3 is 10.2 Å². The third kappa shape index (κ3) is 4.71. The number of likely N-dealkylation sites (tertiary alicyclic amines) is 1. The maximum absolute atomic E-state index is 12.9. The van der Waals surface area contributed by atoms with E-state index in [2.05, 4.69) is 27.1 Å². The van der Waals surface area contributed by atoms with E-state index in [-0.39, 0.29) is 6.03 Å². The van der Waals surface area contributed by atoms with Crippen molar-refractivity contribution < 1.29 is 4.79 Å². The average Bonchev–Trinajstić information content (AvgIpc) is 3.11. The molecular formula is C19H24ClN5O. The highest BCUT2D eigenvalue weighted by Crippen LogP contribution is 2.21. The molecule has 2 aromatic rings. The number of nitrogens with one attached hydrogen (secondary N) is 1. The zero-order valence-corrected chi connectivity index (χ0v) is 15.7. The van der Waals surface area contributed by atoms with Crippen molar-refractivity contribution in [2.24, 2.45) is 0 Å². The average molecular weight is 374 g/mol. The Kier molecular flexibility index (Phi) is 6.41. The SMILES string of the molecule is CCN1CCCC1CN(Cc1ccncc1)C(=O)Nc1cccnc1Cl. The van der Waals surface area contributed by atoms with E-state index < -0.39 is 0 Å². The van der Waals surface area contributed by atoms with Gasteiger partial charge in [-0.25, -0.2) is 9.78 Å². The van der Waals surface area contributed by atoms with Crippen LogP contribution in [0, 0.1) is 0 Å². The number of rotatable bonds is 6. The van der Waals surface area contributed by atoms with Crippen molar-refractivity contribution in [1.82, 2.24) is 19.8 Å². The quantitative estimate of drug-likeness (QED) is 0.785. The van der Waals surface area contributed by atoms with Crippen LogP contribution < -0.4 is 5.32 Å². The molecule has 0 spiro atoms. The van der Waals surface area contributed by atoms with Gasteiger partial charge in [-0.1, -0.05) is 18.5 Å². The molecule has 138 valence electrons. The molecule has 0 bridgehead atoms. The number of anilines is 1. The first-order valence-electron chi connectivity index (χ1n) is 8.96. The van der Waals surface area contributed by atoms with Gasteiger partial charge in [-0.05, 0) is 55.8 Å². The first-order chi connectivity index (χ1) is 12.7. The van der Waals surface area contributed by atoms with Gasteiger partial charge in [0.15, 0.2) is 5.15 Å². The van der Waals surface area contributed by atoms with Crippen LogP contribution in [0.3, 0.4) is 0 Å². The maximum Gasteiger partial charge on any atom is 0.322 e. The molecule has 1 aliphatic heterocycles. The molecule has 7 heteroatoms. The molecule has 2 aromatic heterocycles. The molecule has 0 aromatic carbocycles. The molecule has 1 saturated heterocycles. The summed E-state index contributed by atoms with van der Waals surface area (Å²) >= 11 is 6.09. The number of halogens is 1. The Balaban J connectivity index is 1.75. The van der Waals surface area contributed by atoms with Crippen molar-refractivity contribution in [3.63, 3.8) is 0 Å². The van der Waals surface area contributed by atoms with Crippen LogP contribution in [-0.2, 0) is 6.54 Å². The predicted octanol–water partition coefficient (Wildman–Crippen LogP) is 3.65. The number of aromatic nitrogens is 2. The minimum Gasteiger partial charge on any atom is -0.319 e. The molecule has 0 radical (unpaired) electrons. The third-order valence-electron chi connectivity index (χ3n) is 4.75. The summed E-state index contributed by atoms with van der Waals surface area (Å²) in [5.74, 6) is 0. The summed E-state index contributed by atoms with van der Waals surface area (Å²) in [5.41, 5.74) is 1.58. The monoisotopic (exact) mass is 373 g/mol. The van der Waals surface area contributed by atoms with E-state index in [0.717, 1.165) is 25.1 Å². The Bertz CT molecular complexity index is 727. The van der Waals surface area contributed by atoms with Crippen LogP contribution >= 0.6 is 11.6 Å². The Morgan fingerprint density at radius 1 is 1.35 bits per heavy atom. The summed E-state index contributed by atoms with van der Waals surface area (Å²) < 4.78 is 0. The number of carbonyl (C=O) groups is 1. The number of nitrogens with zero attached hydrogens (tertiary/aromatic N) is 4. The summed E-state index contributed by atoms with van der Waals surface area (Å²) in [6, 6.07) is 7.60. The van der Waals surface area contributed by atoms with Gasteiger partial charge in [-0.15, -0.1) is 0 Å². The number of pyridine rings is 2. The fourth-order valence-corrected chi connectivity index (χ4v) is 3.54. The Morgan fingerprint density at radius 3 is 2.88 bits per heavy atom. The van der Waals surface area contributed by atoms with Gasteiger partial charge in [-0.2, -0.15) is 0 Å². The number of carbonyl (C=O) groups excluding carboxylic acids is 1. The van der Waals surface area contributed by atoms with E-state index in [1.54, 1.807) is 30.7 Å². The summed E-state index contributed by atoms with van der Waals surface area (Å²) in [6.07, 6.45) is 7.39. The standard InChI is InChI=1S/C19H24ClN5O/c1-2-24-12-4-5-16(24)14-25(13-15-7-10-21-11-8-15)19(26)23-17-6-3-9-22-18(17)20/h3,6-11,16H,2,4-5,12-14H2,1H3,(H,23,26). The molecule has 1 fully saturated rings. The summed E-state index contributed by atoms with van der Waals surface area (Å²) in [5, 5.41) is 3.19. The van der Waals surface area contributed by atoms with Gasteiger partial charge in [0, 0.05) is 37.7 Å². The van der Waals surface area contributed by atoms with Crippen molar-refractivity contribution in [1.29, 1.82) is 0 Å². The molecule has 1 atom stereocenters. The third-order valence-corrected chi connectivity index (χ3v) is 5.05. The number of amides is 2. The molecule has 0 saturated carbocycles. The fraction of sp³-hybridized carbons (Fsp3) is 0.421. The highest BCUT2D eigenvalue weighted by molar-refractivity contribution is 6.32. The Labute approximate surface area is 159 Å². The van der Waals surface area contributed by atoms with Gasteiger partial charge in [0.2, 0.25) is 0 Å². The summed E-state index contributed by atoms with van der Waals surface area (Å²) in [4.78, 5) is 25.3. The van der Waals surface area contributed by atoms with Crippen LogP contribution in [-0.4, -0.2) is 51.5 Å². The number of hydrogen-bond acceptors (Lipinski definition) is 4. The van der Waals surface area contributed by atoms with E-state index in [1.165, 1.54) is 6.42 Å². The second-order valence-corrected chi connectivity index (χ2v) is 6.79. The molecular weight excluding hydrogens is 350 g/mol. The lowest BCUT2D eigenvalue weighted by Crippen LogP contribution is -2.44. The predicted molar refractivity (Wildman–Crippen MR) is 103 cm³/mol. The van der Waals surface area contributed by atoms with Crippen molar-refractivity contribution >= 4 is 23.3 Å². The van der Waals surface area contributed by atoms with Gasteiger partial charge in [-0.3, -0.25) is 9.88 Å². The van der Waals surface area contributed by atoms with Crippen molar-refractivity contribution in [2.45, 2.75) is 32.4 Å². The lowest BCUT2D eigenvalue weighted by Gasteiger charge is -2.30. The van der Waals surface area contributed by atoms with Crippen LogP contribution in [0.4, 0.5) is 10.5 Å². The van der Waals surface area contributed by atoms with E-state index in [1.807, 2.05) is 17.0 Å².